The number of hydrogen-bond donors (Lipinski definition) is 2. The highest BCUT2D eigenvalue weighted by Gasteiger charge is 2.24. The zero-order chi connectivity index (χ0) is 13.5. The largest absolute Gasteiger partial charge is 0.502 e. The Morgan fingerprint density at radius 1 is 1.58 bits per heavy atom. The van der Waals surface area contributed by atoms with E-state index < -0.39 is 6.10 Å². The fraction of sp³-hybridized carbons (Fsp3) is 0.357. The number of benzene rings is 1. The van der Waals surface area contributed by atoms with Crippen LogP contribution in [0.2, 0.25) is 0 Å². The van der Waals surface area contributed by atoms with Gasteiger partial charge in [-0.25, -0.2) is 0 Å². The molecule has 0 spiro atoms. The van der Waals surface area contributed by atoms with Crippen molar-refractivity contribution in [2.75, 3.05) is 25.0 Å². The molecule has 1 aromatic carbocycles. The van der Waals surface area contributed by atoms with Crippen molar-refractivity contribution in [1.82, 2.24) is 5.32 Å². The summed E-state index contributed by atoms with van der Waals surface area (Å²) in [6, 6.07) is 7.58. The average molecular weight is 262 g/mol. The lowest BCUT2D eigenvalue weighted by Crippen LogP contribution is -2.45. The molecular weight excluding hydrogens is 244 g/mol. The SMILES string of the molecule is C=COCCCNC(=O)C1CNc2ccccc2O1. The van der Waals surface area contributed by atoms with Gasteiger partial charge < -0.3 is 20.1 Å². The lowest BCUT2D eigenvalue weighted by Gasteiger charge is -2.26. The van der Waals surface area contributed by atoms with Gasteiger partial charge in [-0.2, -0.15) is 0 Å². The van der Waals surface area contributed by atoms with E-state index in [4.69, 9.17) is 9.47 Å². The molecule has 1 aliphatic heterocycles. The standard InChI is InChI=1S/C14H18N2O3/c1-2-18-9-5-8-15-14(17)13-10-16-11-6-3-4-7-12(11)19-13/h2-4,6-7,13,16H,1,5,8-10H2,(H,15,17). The summed E-state index contributed by atoms with van der Waals surface area (Å²) in [4.78, 5) is 11.9. The number of amides is 1. The number of ether oxygens (including phenoxy) is 2. The van der Waals surface area contributed by atoms with Gasteiger partial charge in [0.05, 0.1) is 25.1 Å². The van der Waals surface area contributed by atoms with Crippen LogP contribution in [0.25, 0.3) is 0 Å². The van der Waals surface area contributed by atoms with E-state index in [1.807, 2.05) is 24.3 Å². The third-order valence-electron chi connectivity index (χ3n) is 2.78. The van der Waals surface area contributed by atoms with Gasteiger partial charge in [0, 0.05) is 6.54 Å². The van der Waals surface area contributed by atoms with Crippen LogP contribution < -0.4 is 15.4 Å². The molecule has 0 fully saturated rings. The molecule has 5 nitrogen and oxygen atoms in total. The van der Waals surface area contributed by atoms with Gasteiger partial charge in [-0.05, 0) is 18.6 Å². The van der Waals surface area contributed by atoms with Gasteiger partial charge in [0.1, 0.15) is 5.75 Å². The summed E-state index contributed by atoms with van der Waals surface area (Å²) in [6.45, 7) is 5.04. The van der Waals surface area contributed by atoms with Crippen LogP contribution in [-0.4, -0.2) is 31.7 Å². The molecule has 0 bridgehead atoms. The number of carbonyl (C=O) groups is 1. The van der Waals surface area contributed by atoms with Crippen molar-refractivity contribution >= 4 is 11.6 Å². The summed E-state index contributed by atoms with van der Waals surface area (Å²) in [5.41, 5.74) is 0.922. The number of hydrogen-bond acceptors (Lipinski definition) is 4. The van der Waals surface area contributed by atoms with Gasteiger partial charge >= 0.3 is 0 Å². The molecule has 1 amide bonds. The molecule has 2 rings (SSSR count). The van der Waals surface area contributed by atoms with E-state index in [2.05, 4.69) is 17.2 Å². The first-order valence-electron chi connectivity index (χ1n) is 6.31. The smallest absolute Gasteiger partial charge is 0.262 e. The van der Waals surface area contributed by atoms with E-state index in [0.29, 0.717) is 25.4 Å². The summed E-state index contributed by atoms with van der Waals surface area (Å²) in [5.74, 6) is 0.601. The first-order valence-corrected chi connectivity index (χ1v) is 6.31. The Morgan fingerprint density at radius 2 is 2.42 bits per heavy atom. The highest BCUT2D eigenvalue weighted by Crippen LogP contribution is 2.28. The van der Waals surface area contributed by atoms with E-state index in [1.165, 1.54) is 6.26 Å². The topological polar surface area (TPSA) is 59.6 Å². The van der Waals surface area contributed by atoms with Crippen molar-refractivity contribution in [2.45, 2.75) is 12.5 Å². The van der Waals surface area contributed by atoms with Crippen molar-refractivity contribution in [1.29, 1.82) is 0 Å². The zero-order valence-corrected chi connectivity index (χ0v) is 10.7. The second-order valence-corrected chi connectivity index (χ2v) is 4.17. The molecule has 1 aromatic rings. The summed E-state index contributed by atoms with van der Waals surface area (Å²) in [7, 11) is 0. The van der Waals surface area contributed by atoms with E-state index in [1.54, 1.807) is 0 Å². The Labute approximate surface area is 112 Å². The Bertz CT molecular complexity index is 448. The van der Waals surface area contributed by atoms with Crippen LogP contribution in [0.4, 0.5) is 5.69 Å². The number of carbonyl (C=O) groups excluding carboxylic acids is 1. The van der Waals surface area contributed by atoms with Crippen LogP contribution in [0.5, 0.6) is 5.75 Å². The van der Waals surface area contributed by atoms with Crippen LogP contribution in [-0.2, 0) is 9.53 Å². The third-order valence-corrected chi connectivity index (χ3v) is 2.78. The van der Waals surface area contributed by atoms with E-state index >= 15 is 0 Å². The van der Waals surface area contributed by atoms with Crippen molar-refractivity contribution in [3.05, 3.63) is 37.1 Å². The number of rotatable bonds is 6. The van der Waals surface area contributed by atoms with Crippen LogP contribution in [0.1, 0.15) is 6.42 Å². The zero-order valence-electron chi connectivity index (χ0n) is 10.7. The minimum atomic E-state index is -0.491. The molecule has 19 heavy (non-hydrogen) atoms. The second kappa shape index (κ2) is 6.68. The van der Waals surface area contributed by atoms with Crippen molar-refractivity contribution in [2.24, 2.45) is 0 Å². The highest BCUT2D eigenvalue weighted by atomic mass is 16.5. The third kappa shape index (κ3) is 3.64. The van der Waals surface area contributed by atoms with Crippen LogP contribution in [0, 0.1) is 0 Å². The van der Waals surface area contributed by atoms with Crippen LogP contribution >= 0.6 is 0 Å². The van der Waals surface area contributed by atoms with E-state index in [9.17, 15) is 4.79 Å². The van der Waals surface area contributed by atoms with Crippen LogP contribution in [0.15, 0.2) is 37.1 Å². The maximum atomic E-state index is 11.9. The molecule has 1 unspecified atom stereocenters. The van der Waals surface area contributed by atoms with Gasteiger partial charge in [-0.15, -0.1) is 0 Å². The van der Waals surface area contributed by atoms with Gasteiger partial charge in [-0.1, -0.05) is 18.7 Å². The molecule has 102 valence electrons. The monoisotopic (exact) mass is 262 g/mol. The van der Waals surface area contributed by atoms with Gasteiger partial charge in [0.25, 0.3) is 5.91 Å². The molecular formula is C14H18N2O3. The van der Waals surface area contributed by atoms with Crippen molar-refractivity contribution in [3.63, 3.8) is 0 Å². The number of anilines is 1. The Hall–Kier alpha value is -2.17. The second-order valence-electron chi connectivity index (χ2n) is 4.17. The lowest BCUT2D eigenvalue weighted by atomic mass is 10.2. The Morgan fingerprint density at radius 3 is 3.26 bits per heavy atom. The molecule has 5 heteroatoms. The molecule has 0 saturated carbocycles. The minimum Gasteiger partial charge on any atom is -0.502 e. The Balaban J connectivity index is 1.77. The Kier molecular flexibility index (Phi) is 4.66. The van der Waals surface area contributed by atoms with Gasteiger partial charge in [-0.3, -0.25) is 4.79 Å². The normalized spacial score (nSPS) is 16.5. The quantitative estimate of drug-likeness (QED) is 0.603. The molecule has 0 radical (unpaired) electrons. The summed E-state index contributed by atoms with van der Waals surface area (Å²) in [6.07, 6.45) is 1.65. The fourth-order valence-corrected chi connectivity index (χ4v) is 1.82. The maximum absolute atomic E-state index is 11.9. The van der Waals surface area contributed by atoms with Gasteiger partial charge in [0.15, 0.2) is 6.10 Å². The summed E-state index contributed by atoms with van der Waals surface area (Å²) >= 11 is 0. The molecule has 2 N–H and O–H groups in total. The van der Waals surface area contributed by atoms with Crippen LogP contribution in [0.3, 0.4) is 0 Å². The number of para-hydroxylation sites is 2. The highest BCUT2D eigenvalue weighted by molar-refractivity contribution is 5.83. The number of fused-ring (bicyclic) bond motifs is 1. The molecule has 1 atom stereocenters. The summed E-state index contributed by atoms with van der Waals surface area (Å²) < 4.78 is 10.6. The van der Waals surface area contributed by atoms with Crippen molar-refractivity contribution in [3.8, 4) is 5.75 Å². The predicted molar refractivity (Wildman–Crippen MR) is 73.1 cm³/mol. The molecule has 0 saturated heterocycles. The van der Waals surface area contributed by atoms with Gasteiger partial charge in [0.2, 0.25) is 0 Å². The number of nitrogens with one attached hydrogen (secondary N) is 2. The fourth-order valence-electron chi connectivity index (χ4n) is 1.82. The van der Waals surface area contributed by atoms with E-state index in [0.717, 1.165) is 12.1 Å². The first kappa shape index (κ1) is 13.3. The predicted octanol–water partition coefficient (Wildman–Crippen LogP) is 1.53. The molecule has 1 heterocycles. The molecule has 1 aliphatic rings. The van der Waals surface area contributed by atoms with E-state index in [-0.39, 0.29) is 5.91 Å². The first-order chi connectivity index (χ1) is 9.31. The minimum absolute atomic E-state index is 0.111. The summed E-state index contributed by atoms with van der Waals surface area (Å²) in [5, 5.41) is 6.00. The average Bonchev–Trinajstić information content (AvgIpc) is 2.46. The molecule has 0 aromatic heterocycles. The van der Waals surface area contributed by atoms with Crippen molar-refractivity contribution < 1.29 is 14.3 Å². The lowest BCUT2D eigenvalue weighted by molar-refractivity contribution is -0.127. The maximum Gasteiger partial charge on any atom is 0.262 e. The molecule has 0 aliphatic carbocycles.